The van der Waals surface area contributed by atoms with Crippen LogP contribution in [0.25, 0.3) is 6.08 Å². The van der Waals surface area contributed by atoms with Gasteiger partial charge < -0.3 is 5.73 Å². The third-order valence-corrected chi connectivity index (χ3v) is 5.11. The highest BCUT2D eigenvalue weighted by atomic mass is 79.9. The van der Waals surface area contributed by atoms with Gasteiger partial charge in [0.05, 0.1) is 21.0 Å². The van der Waals surface area contributed by atoms with Crippen LogP contribution in [0.1, 0.15) is 17.0 Å². The summed E-state index contributed by atoms with van der Waals surface area (Å²) in [5, 5.41) is -0.0384. The molecule has 2 rings (SSSR count). The second kappa shape index (κ2) is 7.56. The number of nitrogen functional groups attached to an aromatic ring is 1. The summed E-state index contributed by atoms with van der Waals surface area (Å²) in [6.45, 7) is 0. The quantitative estimate of drug-likeness (QED) is 0.377. The molecular formula is C16H10BrCl3F3N. The molecule has 1 nitrogen and oxygen atoms in total. The van der Waals surface area contributed by atoms with E-state index >= 15 is 0 Å². The fraction of sp³-hybridized carbons (Fsp3) is 0.125. The van der Waals surface area contributed by atoms with Crippen LogP contribution in [-0.2, 0) is 0 Å². The van der Waals surface area contributed by atoms with E-state index in [0.717, 1.165) is 18.2 Å². The van der Waals surface area contributed by atoms with Gasteiger partial charge in [-0.1, -0.05) is 53.0 Å². The summed E-state index contributed by atoms with van der Waals surface area (Å²) < 4.78 is 40.9. The largest absolute Gasteiger partial charge is 0.399 e. The van der Waals surface area contributed by atoms with Gasteiger partial charge in [-0.2, -0.15) is 13.2 Å². The predicted molar refractivity (Wildman–Crippen MR) is 97.9 cm³/mol. The minimum Gasteiger partial charge on any atom is -0.398 e. The lowest BCUT2D eigenvalue weighted by Crippen LogP contribution is -2.19. The van der Waals surface area contributed by atoms with E-state index in [0.29, 0.717) is 15.7 Å². The fourth-order valence-electron chi connectivity index (χ4n) is 2.02. The van der Waals surface area contributed by atoms with E-state index in [-0.39, 0.29) is 20.6 Å². The van der Waals surface area contributed by atoms with Crippen molar-refractivity contribution in [1.29, 1.82) is 0 Å². The number of hydrogen-bond donors (Lipinski definition) is 1. The standard InChI is InChI=1S/C16H10BrCl3F3N/c17-11-5-8(2-4-14(11)24)1-3-10(16(21,22)23)9-6-12(18)15(20)13(19)7-9/h1-7,10H,24H2/b3-1+. The summed E-state index contributed by atoms with van der Waals surface area (Å²) in [6.07, 6.45) is -2.12. The van der Waals surface area contributed by atoms with Crippen LogP contribution in [0.3, 0.4) is 0 Å². The molecule has 128 valence electrons. The highest BCUT2D eigenvalue weighted by molar-refractivity contribution is 9.10. The molecule has 0 spiro atoms. The van der Waals surface area contributed by atoms with E-state index in [4.69, 9.17) is 40.5 Å². The number of allylic oxidation sites excluding steroid dienone is 1. The summed E-state index contributed by atoms with van der Waals surface area (Å²) >= 11 is 20.7. The predicted octanol–water partition coefficient (Wildman–Crippen LogP) is 7.35. The van der Waals surface area contributed by atoms with Gasteiger partial charge in [0, 0.05) is 10.2 Å². The Morgan fingerprint density at radius 3 is 2.12 bits per heavy atom. The van der Waals surface area contributed by atoms with Crippen molar-refractivity contribution >= 4 is 62.5 Å². The molecule has 2 aromatic carbocycles. The third-order valence-electron chi connectivity index (χ3n) is 3.22. The molecule has 0 saturated carbocycles. The van der Waals surface area contributed by atoms with Crippen LogP contribution < -0.4 is 5.73 Å². The minimum atomic E-state index is -4.51. The van der Waals surface area contributed by atoms with Crippen molar-refractivity contribution in [3.8, 4) is 0 Å². The van der Waals surface area contributed by atoms with Crippen molar-refractivity contribution in [2.75, 3.05) is 5.73 Å². The molecule has 0 aliphatic heterocycles. The Kier molecular flexibility index (Phi) is 6.13. The average molecular weight is 460 g/mol. The normalized spacial score (nSPS) is 13.5. The summed E-state index contributed by atoms with van der Waals surface area (Å²) in [5.41, 5.74) is 6.63. The highest BCUT2D eigenvalue weighted by Crippen LogP contribution is 2.41. The van der Waals surface area contributed by atoms with Crippen molar-refractivity contribution in [2.24, 2.45) is 0 Å². The van der Waals surface area contributed by atoms with Gasteiger partial charge in [0.2, 0.25) is 0 Å². The van der Waals surface area contributed by atoms with Crippen LogP contribution in [0.2, 0.25) is 15.1 Å². The van der Waals surface area contributed by atoms with Crippen molar-refractivity contribution in [3.63, 3.8) is 0 Å². The average Bonchev–Trinajstić information content (AvgIpc) is 2.47. The molecule has 0 radical (unpaired) electrons. The Hall–Kier alpha value is -0.880. The van der Waals surface area contributed by atoms with Crippen molar-refractivity contribution < 1.29 is 13.2 Å². The first-order chi connectivity index (χ1) is 11.1. The summed E-state index contributed by atoms with van der Waals surface area (Å²) in [5.74, 6) is -1.87. The Morgan fingerprint density at radius 2 is 1.62 bits per heavy atom. The third kappa shape index (κ3) is 4.60. The SMILES string of the molecule is Nc1ccc(/C=C/C(c2cc(Cl)c(Cl)c(Cl)c2)C(F)(F)F)cc1Br. The molecule has 0 aromatic heterocycles. The molecule has 0 aliphatic carbocycles. The highest BCUT2D eigenvalue weighted by Gasteiger charge is 2.39. The van der Waals surface area contributed by atoms with E-state index < -0.39 is 12.1 Å². The molecule has 2 N–H and O–H groups in total. The van der Waals surface area contributed by atoms with Crippen LogP contribution in [0.5, 0.6) is 0 Å². The topological polar surface area (TPSA) is 26.0 Å². The minimum absolute atomic E-state index is 0.0226. The lowest BCUT2D eigenvalue weighted by molar-refractivity contribution is -0.139. The van der Waals surface area contributed by atoms with Gasteiger partial charge in [0.25, 0.3) is 0 Å². The smallest absolute Gasteiger partial charge is 0.398 e. The zero-order valence-electron chi connectivity index (χ0n) is 11.8. The zero-order valence-corrected chi connectivity index (χ0v) is 15.7. The molecule has 0 saturated heterocycles. The molecule has 0 aliphatic rings. The van der Waals surface area contributed by atoms with E-state index in [1.54, 1.807) is 18.2 Å². The number of rotatable bonds is 3. The van der Waals surface area contributed by atoms with Gasteiger partial charge in [-0.15, -0.1) is 0 Å². The number of nitrogens with two attached hydrogens (primary N) is 1. The Bertz CT molecular complexity index is 768. The van der Waals surface area contributed by atoms with Gasteiger partial charge in [-0.05, 0) is 51.3 Å². The number of halogens is 7. The molecule has 0 amide bonds. The first-order valence-corrected chi connectivity index (χ1v) is 8.46. The monoisotopic (exact) mass is 457 g/mol. The van der Waals surface area contributed by atoms with Crippen LogP contribution >= 0.6 is 50.7 Å². The second-order valence-electron chi connectivity index (χ2n) is 4.96. The van der Waals surface area contributed by atoms with Crippen LogP contribution in [0.4, 0.5) is 18.9 Å². The van der Waals surface area contributed by atoms with Gasteiger partial charge in [-0.3, -0.25) is 0 Å². The molecule has 1 atom stereocenters. The molecule has 0 bridgehead atoms. The maximum absolute atomic E-state index is 13.4. The van der Waals surface area contributed by atoms with E-state index in [2.05, 4.69) is 15.9 Å². The first-order valence-electron chi connectivity index (χ1n) is 6.54. The molecule has 0 heterocycles. The second-order valence-corrected chi connectivity index (χ2v) is 7.00. The van der Waals surface area contributed by atoms with Gasteiger partial charge >= 0.3 is 6.18 Å². The van der Waals surface area contributed by atoms with Crippen LogP contribution in [-0.4, -0.2) is 6.18 Å². The lowest BCUT2D eigenvalue weighted by atomic mass is 9.97. The Labute approximate surface area is 160 Å². The zero-order chi connectivity index (χ0) is 18.1. The summed E-state index contributed by atoms with van der Waals surface area (Å²) in [6, 6.07) is 7.17. The summed E-state index contributed by atoms with van der Waals surface area (Å²) in [7, 11) is 0. The molecule has 0 fully saturated rings. The fourth-order valence-corrected chi connectivity index (χ4v) is 3.03. The maximum Gasteiger partial charge on any atom is 0.399 e. The van der Waals surface area contributed by atoms with Crippen LogP contribution in [0.15, 0.2) is 40.9 Å². The summed E-state index contributed by atoms with van der Waals surface area (Å²) in [4.78, 5) is 0. The molecule has 8 heteroatoms. The number of anilines is 1. The number of benzene rings is 2. The molecular weight excluding hydrogens is 449 g/mol. The van der Waals surface area contributed by atoms with Gasteiger partial charge in [-0.25, -0.2) is 0 Å². The van der Waals surface area contributed by atoms with E-state index in [9.17, 15) is 13.2 Å². The van der Waals surface area contributed by atoms with E-state index in [1.807, 2.05) is 0 Å². The molecule has 24 heavy (non-hydrogen) atoms. The maximum atomic E-state index is 13.4. The van der Waals surface area contributed by atoms with Crippen molar-refractivity contribution in [3.05, 3.63) is 67.1 Å². The number of alkyl halides is 3. The first kappa shape index (κ1) is 19.4. The Balaban J connectivity index is 2.43. The lowest BCUT2D eigenvalue weighted by Gasteiger charge is -2.18. The van der Waals surface area contributed by atoms with E-state index in [1.165, 1.54) is 6.08 Å². The van der Waals surface area contributed by atoms with Gasteiger partial charge in [0.15, 0.2) is 0 Å². The molecule has 1 unspecified atom stereocenters. The van der Waals surface area contributed by atoms with Gasteiger partial charge in [0.1, 0.15) is 0 Å². The Morgan fingerprint density at radius 1 is 1.04 bits per heavy atom. The van der Waals surface area contributed by atoms with Crippen molar-refractivity contribution in [2.45, 2.75) is 12.1 Å². The molecule has 2 aromatic rings. The van der Waals surface area contributed by atoms with Crippen molar-refractivity contribution in [1.82, 2.24) is 0 Å². The van der Waals surface area contributed by atoms with Crippen LogP contribution in [0, 0.1) is 0 Å². The number of hydrogen-bond acceptors (Lipinski definition) is 1.